The lowest BCUT2D eigenvalue weighted by atomic mass is 10.1. The van der Waals surface area contributed by atoms with E-state index in [0.29, 0.717) is 18.7 Å². The molecule has 2 aromatic rings. The van der Waals surface area contributed by atoms with Crippen molar-refractivity contribution in [3.8, 4) is 0 Å². The third-order valence-corrected chi connectivity index (χ3v) is 4.94. The Morgan fingerprint density at radius 3 is 2.29 bits per heavy atom. The van der Waals surface area contributed by atoms with Gasteiger partial charge in [-0.2, -0.15) is 0 Å². The first-order valence-corrected chi connectivity index (χ1v) is 10.4. The average molecular weight is 427 g/mol. The minimum absolute atomic E-state index is 0.189. The van der Waals surface area contributed by atoms with Crippen LogP contribution in [0.1, 0.15) is 38.0 Å². The van der Waals surface area contributed by atoms with Crippen LogP contribution in [0.4, 0.5) is 4.79 Å². The Balaban J connectivity index is 1.68. The van der Waals surface area contributed by atoms with Crippen LogP contribution in [0.2, 0.25) is 0 Å². The van der Waals surface area contributed by atoms with Crippen LogP contribution in [0.5, 0.6) is 0 Å². The van der Waals surface area contributed by atoms with E-state index in [-0.39, 0.29) is 12.6 Å². The third-order valence-electron chi connectivity index (χ3n) is 4.94. The molecule has 0 saturated carbocycles. The molecule has 1 aliphatic heterocycles. The van der Waals surface area contributed by atoms with E-state index >= 15 is 0 Å². The number of aliphatic hydroxyl groups excluding tert-OH is 1. The number of esters is 1. The molecule has 3 atom stereocenters. The highest BCUT2D eigenvalue weighted by Crippen LogP contribution is 2.21. The second-order valence-electron chi connectivity index (χ2n) is 8.65. The lowest BCUT2D eigenvalue weighted by Gasteiger charge is -2.24. The molecule has 1 amide bonds. The van der Waals surface area contributed by atoms with E-state index in [9.17, 15) is 14.7 Å². The Kier molecular flexibility index (Phi) is 7.30. The van der Waals surface area contributed by atoms with Gasteiger partial charge in [0, 0.05) is 13.1 Å². The number of nitrogens with zero attached hydrogens (tertiary/aromatic N) is 1. The largest absolute Gasteiger partial charge is 0.457 e. The van der Waals surface area contributed by atoms with Crippen LogP contribution in [0.15, 0.2) is 60.7 Å². The van der Waals surface area contributed by atoms with Crippen molar-refractivity contribution < 1.29 is 24.2 Å². The highest BCUT2D eigenvalue weighted by molar-refractivity contribution is 5.76. The lowest BCUT2D eigenvalue weighted by Crippen LogP contribution is -2.42. The van der Waals surface area contributed by atoms with E-state index in [4.69, 9.17) is 9.47 Å². The van der Waals surface area contributed by atoms with E-state index in [0.717, 1.165) is 5.56 Å². The molecule has 1 heterocycles. The summed E-state index contributed by atoms with van der Waals surface area (Å²) in [6.07, 6.45) is -2.45. The zero-order valence-electron chi connectivity index (χ0n) is 18.2. The number of aliphatic hydroxyl groups is 1. The van der Waals surface area contributed by atoms with Gasteiger partial charge in [-0.3, -0.25) is 0 Å². The Hall–Kier alpha value is -2.90. The summed E-state index contributed by atoms with van der Waals surface area (Å²) in [4.78, 5) is 26.7. The van der Waals surface area contributed by atoms with Crippen molar-refractivity contribution in [2.45, 2.75) is 51.2 Å². The molecule has 31 heavy (non-hydrogen) atoms. The second-order valence-corrected chi connectivity index (χ2v) is 8.65. The summed E-state index contributed by atoms with van der Waals surface area (Å²) >= 11 is 0. The van der Waals surface area contributed by atoms with Crippen molar-refractivity contribution in [2.75, 3.05) is 13.1 Å². The van der Waals surface area contributed by atoms with Crippen LogP contribution in [0.3, 0.4) is 0 Å². The summed E-state index contributed by atoms with van der Waals surface area (Å²) in [7, 11) is 0. The van der Waals surface area contributed by atoms with Gasteiger partial charge in [-0.15, -0.1) is 0 Å². The number of likely N-dealkylation sites (tertiary alicyclic amines) is 1. The van der Waals surface area contributed by atoms with Gasteiger partial charge in [0.2, 0.25) is 0 Å². The Morgan fingerprint density at radius 1 is 1.06 bits per heavy atom. The smallest absolute Gasteiger partial charge is 0.410 e. The van der Waals surface area contributed by atoms with E-state index < -0.39 is 29.9 Å². The summed E-state index contributed by atoms with van der Waals surface area (Å²) in [5, 5.41) is 13.7. The molecule has 2 aromatic carbocycles. The van der Waals surface area contributed by atoms with Crippen molar-refractivity contribution in [3.63, 3.8) is 0 Å². The van der Waals surface area contributed by atoms with Crippen molar-refractivity contribution in [1.29, 1.82) is 0 Å². The lowest BCUT2D eigenvalue weighted by molar-refractivity contribution is -0.159. The first-order chi connectivity index (χ1) is 14.7. The predicted molar refractivity (Wildman–Crippen MR) is 116 cm³/mol. The van der Waals surface area contributed by atoms with Crippen LogP contribution < -0.4 is 5.32 Å². The minimum Gasteiger partial charge on any atom is -0.457 e. The van der Waals surface area contributed by atoms with Gasteiger partial charge in [-0.1, -0.05) is 60.7 Å². The molecule has 166 valence electrons. The zero-order chi connectivity index (χ0) is 22.4. The van der Waals surface area contributed by atoms with E-state index in [1.807, 2.05) is 30.3 Å². The normalized spacial score (nSPS) is 19.7. The maximum atomic E-state index is 12.6. The van der Waals surface area contributed by atoms with Crippen LogP contribution >= 0.6 is 0 Å². The number of hydrogen-bond donors (Lipinski definition) is 2. The molecule has 1 saturated heterocycles. The minimum atomic E-state index is -1.38. The summed E-state index contributed by atoms with van der Waals surface area (Å²) < 4.78 is 11.1. The highest BCUT2D eigenvalue weighted by atomic mass is 16.6. The first kappa shape index (κ1) is 22.8. The number of carbonyl (C=O) groups excluding carboxylic acids is 2. The number of amides is 1. The summed E-state index contributed by atoms with van der Waals surface area (Å²) in [5.74, 6) is -0.742. The SMILES string of the molecule is CC(C)(C)OC(=O)N1C[C@@H](NCc2ccccc2)[C@H](OC(=O)C(O)c2ccccc2)C1. The van der Waals surface area contributed by atoms with Gasteiger partial charge in [-0.05, 0) is 31.9 Å². The maximum Gasteiger partial charge on any atom is 0.410 e. The van der Waals surface area contributed by atoms with E-state index in [1.165, 1.54) is 4.90 Å². The predicted octanol–water partition coefficient (Wildman–Crippen LogP) is 3.04. The molecule has 0 aromatic heterocycles. The Labute approximate surface area is 183 Å². The van der Waals surface area contributed by atoms with Crippen LogP contribution in [0.25, 0.3) is 0 Å². The van der Waals surface area contributed by atoms with Crippen molar-refractivity contribution in [3.05, 3.63) is 71.8 Å². The number of rotatable bonds is 6. The fraction of sp³-hybridized carbons (Fsp3) is 0.417. The molecule has 3 rings (SSSR count). The van der Waals surface area contributed by atoms with E-state index in [1.54, 1.807) is 51.1 Å². The second kappa shape index (κ2) is 9.94. The van der Waals surface area contributed by atoms with Gasteiger partial charge >= 0.3 is 12.1 Å². The van der Waals surface area contributed by atoms with Gasteiger partial charge in [0.25, 0.3) is 0 Å². The quantitative estimate of drug-likeness (QED) is 0.691. The Bertz CT molecular complexity index is 867. The molecule has 0 spiro atoms. The number of hydrogen-bond acceptors (Lipinski definition) is 6. The molecule has 1 aliphatic rings. The van der Waals surface area contributed by atoms with Gasteiger partial charge in [-0.25, -0.2) is 9.59 Å². The molecule has 0 radical (unpaired) electrons. The van der Waals surface area contributed by atoms with Crippen LogP contribution in [0, 0.1) is 0 Å². The average Bonchev–Trinajstić information content (AvgIpc) is 3.14. The molecule has 0 bridgehead atoms. The maximum absolute atomic E-state index is 12.6. The molecule has 7 nitrogen and oxygen atoms in total. The van der Waals surface area contributed by atoms with Gasteiger partial charge in [0.1, 0.15) is 11.7 Å². The van der Waals surface area contributed by atoms with E-state index in [2.05, 4.69) is 5.32 Å². The van der Waals surface area contributed by atoms with Gasteiger partial charge in [0.05, 0.1) is 12.6 Å². The molecule has 1 fully saturated rings. The highest BCUT2D eigenvalue weighted by Gasteiger charge is 2.40. The number of benzene rings is 2. The van der Waals surface area contributed by atoms with Gasteiger partial charge < -0.3 is 24.8 Å². The van der Waals surface area contributed by atoms with Crippen LogP contribution in [-0.2, 0) is 20.8 Å². The molecule has 1 unspecified atom stereocenters. The topological polar surface area (TPSA) is 88.1 Å². The summed E-state index contributed by atoms with van der Waals surface area (Å²) in [6, 6.07) is 18.2. The first-order valence-electron chi connectivity index (χ1n) is 10.4. The fourth-order valence-electron chi connectivity index (χ4n) is 3.39. The monoisotopic (exact) mass is 426 g/mol. The zero-order valence-corrected chi connectivity index (χ0v) is 18.2. The third kappa shape index (κ3) is 6.54. The fourth-order valence-corrected chi connectivity index (χ4v) is 3.39. The van der Waals surface area contributed by atoms with Crippen molar-refractivity contribution in [2.24, 2.45) is 0 Å². The number of ether oxygens (including phenoxy) is 2. The Morgan fingerprint density at radius 2 is 1.68 bits per heavy atom. The van der Waals surface area contributed by atoms with Crippen molar-refractivity contribution >= 4 is 12.1 Å². The van der Waals surface area contributed by atoms with Crippen LogP contribution in [-0.4, -0.2) is 52.9 Å². The summed E-state index contributed by atoms with van der Waals surface area (Å²) in [5.41, 5.74) is 0.915. The van der Waals surface area contributed by atoms with Crippen molar-refractivity contribution in [1.82, 2.24) is 10.2 Å². The number of carbonyl (C=O) groups is 2. The number of nitrogens with one attached hydrogen (secondary N) is 1. The molecular formula is C24H30N2O5. The molecule has 0 aliphatic carbocycles. The summed E-state index contributed by atoms with van der Waals surface area (Å²) in [6.45, 7) is 6.50. The molecular weight excluding hydrogens is 396 g/mol. The van der Waals surface area contributed by atoms with Gasteiger partial charge in [0.15, 0.2) is 6.10 Å². The standard InChI is InChI=1S/C24H30N2O5/c1-24(2,3)31-23(29)26-15-19(25-14-17-10-6-4-7-11-17)20(16-26)30-22(28)21(27)18-12-8-5-9-13-18/h4-13,19-21,25,27H,14-16H2,1-3H3/t19-,20-,21?/m1/s1. The molecule has 2 N–H and O–H groups in total. The molecule has 7 heteroatoms.